The van der Waals surface area contributed by atoms with Crippen molar-refractivity contribution in [2.75, 3.05) is 31.8 Å². The van der Waals surface area contributed by atoms with Crippen LogP contribution in [0.15, 0.2) is 18.2 Å². The molecular formula is C16H27N3O2. The first-order chi connectivity index (χ1) is 9.83. The number of hydrogen-bond acceptors (Lipinski definition) is 4. The first kappa shape index (κ1) is 17.3. The summed E-state index contributed by atoms with van der Waals surface area (Å²) in [6.45, 7) is 6.85. The summed E-state index contributed by atoms with van der Waals surface area (Å²) < 4.78 is 5.22. The second kappa shape index (κ2) is 7.88. The standard InChI is InChI=1S/C16H27N3O2/c1-11(2)8-12(3)19(4)10-16(20)18-14-7-6-13(17)9-15(14)21-5/h6-7,9,11-12H,8,10,17H2,1-5H3,(H,18,20). The van der Waals surface area contributed by atoms with E-state index in [2.05, 4.69) is 31.0 Å². The summed E-state index contributed by atoms with van der Waals surface area (Å²) in [5, 5.41) is 2.87. The Bertz CT molecular complexity index is 475. The van der Waals surface area contributed by atoms with Gasteiger partial charge in [-0.2, -0.15) is 0 Å². The van der Waals surface area contributed by atoms with Crippen LogP contribution in [0.4, 0.5) is 11.4 Å². The van der Waals surface area contributed by atoms with Crippen molar-refractivity contribution in [3.05, 3.63) is 18.2 Å². The van der Waals surface area contributed by atoms with Crippen LogP contribution in [0.25, 0.3) is 0 Å². The predicted octanol–water partition coefficient (Wildman–Crippen LogP) is 2.58. The Morgan fingerprint density at radius 2 is 2.05 bits per heavy atom. The summed E-state index contributed by atoms with van der Waals surface area (Å²) in [6.07, 6.45) is 1.06. The molecule has 0 saturated heterocycles. The summed E-state index contributed by atoms with van der Waals surface area (Å²) >= 11 is 0. The highest BCUT2D eigenvalue weighted by atomic mass is 16.5. The number of likely N-dealkylation sites (N-methyl/N-ethyl adjacent to an activating group) is 1. The van der Waals surface area contributed by atoms with E-state index in [0.717, 1.165) is 6.42 Å². The Kier molecular flexibility index (Phi) is 6.49. The summed E-state index contributed by atoms with van der Waals surface area (Å²) in [5.41, 5.74) is 6.94. The average molecular weight is 293 g/mol. The lowest BCUT2D eigenvalue weighted by molar-refractivity contribution is -0.117. The molecule has 0 fully saturated rings. The average Bonchev–Trinajstić information content (AvgIpc) is 2.39. The second-order valence-electron chi connectivity index (χ2n) is 5.90. The molecule has 0 spiro atoms. The molecule has 0 heterocycles. The van der Waals surface area contributed by atoms with Gasteiger partial charge in [-0.3, -0.25) is 9.69 Å². The third-order valence-corrected chi connectivity index (χ3v) is 3.46. The zero-order chi connectivity index (χ0) is 16.0. The van der Waals surface area contributed by atoms with Crippen LogP contribution in [0.5, 0.6) is 5.75 Å². The molecule has 0 radical (unpaired) electrons. The van der Waals surface area contributed by atoms with Gasteiger partial charge in [-0.25, -0.2) is 0 Å². The number of benzene rings is 1. The smallest absolute Gasteiger partial charge is 0.238 e. The molecule has 0 aliphatic heterocycles. The second-order valence-corrected chi connectivity index (χ2v) is 5.90. The fourth-order valence-electron chi connectivity index (χ4n) is 2.25. The fraction of sp³-hybridized carbons (Fsp3) is 0.562. The van der Waals surface area contributed by atoms with E-state index in [-0.39, 0.29) is 5.91 Å². The van der Waals surface area contributed by atoms with Crippen LogP contribution < -0.4 is 15.8 Å². The largest absolute Gasteiger partial charge is 0.494 e. The molecule has 0 saturated carbocycles. The summed E-state index contributed by atoms with van der Waals surface area (Å²) in [5.74, 6) is 1.13. The number of amides is 1. The number of nitrogens with zero attached hydrogens (tertiary/aromatic N) is 1. The number of rotatable bonds is 7. The molecule has 5 heteroatoms. The number of nitrogen functional groups attached to an aromatic ring is 1. The number of methoxy groups -OCH3 is 1. The lowest BCUT2D eigenvalue weighted by atomic mass is 10.0. The molecule has 0 bridgehead atoms. The number of nitrogens with one attached hydrogen (secondary N) is 1. The van der Waals surface area contributed by atoms with Gasteiger partial charge in [-0.1, -0.05) is 13.8 Å². The molecule has 1 unspecified atom stereocenters. The van der Waals surface area contributed by atoms with Crippen LogP contribution in [-0.2, 0) is 4.79 Å². The Labute approximate surface area is 127 Å². The van der Waals surface area contributed by atoms with Gasteiger partial charge in [0.15, 0.2) is 0 Å². The van der Waals surface area contributed by atoms with Crippen molar-refractivity contribution in [3.63, 3.8) is 0 Å². The highest BCUT2D eigenvalue weighted by molar-refractivity contribution is 5.94. The quantitative estimate of drug-likeness (QED) is 0.758. The fourth-order valence-corrected chi connectivity index (χ4v) is 2.25. The van der Waals surface area contributed by atoms with Gasteiger partial charge >= 0.3 is 0 Å². The van der Waals surface area contributed by atoms with Crippen LogP contribution in [0.2, 0.25) is 0 Å². The van der Waals surface area contributed by atoms with Gasteiger partial charge in [-0.15, -0.1) is 0 Å². The number of carbonyl (C=O) groups is 1. The van der Waals surface area contributed by atoms with Crippen molar-refractivity contribution in [1.82, 2.24) is 4.90 Å². The Hall–Kier alpha value is -1.75. The minimum Gasteiger partial charge on any atom is -0.494 e. The van der Waals surface area contributed by atoms with Crippen LogP contribution in [0, 0.1) is 5.92 Å². The first-order valence-electron chi connectivity index (χ1n) is 7.27. The Morgan fingerprint density at radius 3 is 2.62 bits per heavy atom. The number of carbonyl (C=O) groups excluding carboxylic acids is 1. The zero-order valence-corrected chi connectivity index (χ0v) is 13.6. The summed E-state index contributed by atoms with van der Waals surface area (Å²) in [6, 6.07) is 5.55. The van der Waals surface area contributed by atoms with Gasteiger partial charge < -0.3 is 15.8 Å². The molecule has 21 heavy (non-hydrogen) atoms. The minimum atomic E-state index is -0.0591. The van der Waals surface area contributed by atoms with Crippen molar-refractivity contribution in [3.8, 4) is 5.75 Å². The monoisotopic (exact) mass is 293 g/mol. The lowest BCUT2D eigenvalue weighted by Gasteiger charge is -2.25. The molecule has 1 amide bonds. The first-order valence-corrected chi connectivity index (χ1v) is 7.27. The molecule has 118 valence electrons. The number of anilines is 2. The molecule has 5 nitrogen and oxygen atoms in total. The highest BCUT2D eigenvalue weighted by Gasteiger charge is 2.15. The molecule has 1 atom stereocenters. The molecule has 1 aromatic rings. The SMILES string of the molecule is COc1cc(N)ccc1NC(=O)CN(C)C(C)CC(C)C. The van der Waals surface area contributed by atoms with E-state index in [0.29, 0.717) is 35.6 Å². The van der Waals surface area contributed by atoms with Crippen LogP contribution in [0.3, 0.4) is 0 Å². The van der Waals surface area contributed by atoms with Crippen LogP contribution in [0.1, 0.15) is 27.2 Å². The number of nitrogens with two attached hydrogens (primary N) is 1. The molecule has 0 aromatic heterocycles. The zero-order valence-electron chi connectivity index (χ0n) is 13.6. The van der Waals surface area contributed by atoms with Crippen molar-refractivity contribution in [2.45, 2.75) is 33.2 Å². The topological polar surface area (TPSA) is 67.6 Å². The predicted molar refractivity (Wildman–Crippen MR) is 87.6 cm³/mol. The summed E-state index contributed by atoms with van der Waals surface area (Å²) in [4.78, 5) is 14.2. The highest BCUT2D eigenvalue weighted by Crippen LogP contribution is 2.26. The maximum Gasteiger partial charge on any atom is 0.238 e. The Morgan fingerprint density at radius 1 is 1.38 bits per heavy atom. The normalized spacial score (nSPS) is 12.5. The third-order valence-electron chi connectivity index (χ3n) is 3.46. The molecular weight excluding hydrogens is 266 g/mol. The maximum atomic E-state index is 12.1. The van der Waals surface area contributed by atoms with Gasteiger partial charge in [0, 0.05) is 17.8 Å². The number of hydrogen-bond donors (Lipinski definition) is 2. The molecule has 3 N–H and O–H groups in total. The maximum absolute atomic E-state index is 12.1. The molecule has 0 aliphatic carbocycles. The molecule has 1 rings (SSSR count). The van der Waals surface area contributed by atoms with Crippen LogP contribution in [-0.4, -0.2) is 37.6 Å². The number of ether oxygens (including phenoxy) is 1. The van der Waals surface area contributed by atoms with Gasteiger partial charge in [0.05, 0.1) is 19.3 Å². The van der Waals surface area contributed by atoms with Gasteiger partial charge in [0.25, 0.3) is 0 Å². The van der Waals surface area contributed by atoms with Gasteiger partial charge in [-0.05, 0) is 38.4 Å². The van der Waals surface area contributed by atoms with E-state index >= 15 is 0 Å². The van der Waals surface area contributed by atoms with Gasteiger partial charge in [0.2, 0.25) is 5.91 Å². The van der Waals surface area contributed by atoms with E-state index in [4.69, 9.17) is 10.5 Å². The van der Waals surface area contributed by atoms with E-state index < -0.39 is 0 Å². The van der Waals surface area contributed by atoms with Crippen molar-refractivity contribution < 1.29 is 9.53 Å². The van der Waals surface area contributed by atoms with Gasteiger partial charge in [0.1, 0.15) is 5.75 Å². The lowest BCUT2D eigenvalue weighted by Crippen LogP contribution is -2.37. The van der Waals surface area contributed by atoms with E-state index in [9.17, 15) is 4.79 Å². The molecule has 0 aliphatic rings. The molecule has 1 aromatic carbocycles. The van der Waals surface area contributed by atoms with Crippen molar-refractivity contribution in [2.24, 2.45) is 5.92 Å². The summed E-state index contributed by atoms with van der Waals surface area (Å²) in [7, 11) is 3.52. The van der Waals surface area contributed by atoms with Crippen molar-refractivity contribution in [1.29, 1.82) is 0 Å². The van der Waals surface area contributed by atoms with Crippen molar-refractivity contribution >= 4 is 17.3 Å². The minimum absolute atomic E-state index is 0.0591. The Balaban J connectivity index is 2.61. The third kappa shape index (κ3) is 5.63. The van der Waals surface area contributed by atoms with E-state index in [1.54, 1.807) is 25.3 Å². The van der Waals surface area contributed by atoms with Crippen LogP contribution >= 0.6 is 0 Å². The van der Waals surface area contributed by atoms with E-state index in [1.807, 2.05) is 7.05 Å². The van der Waals surface area contributed by atoms with E-state index in [1.165, 1.54) is 0 Å².